The van der Waals surface area contributed by atoms with Crippen LogP contribution in [-0.2, 0) is 11.2 Å². The molecule has 1 aliphatic rings. The lowest BCUT2D eigenvalue weighted by Gasteiger charge is -2.38. The third-order valence-electron chi connectivity index (χ3n) is 6.31. The minimum absolute atomic E-state index is 0. The van der Waals surface area contributed by atoms with Crippen molar-refractivity contribution in [3.63, 3.8) is 0 Å². The van der Waals surface area contributed by atoms with E-state index in [1.807, 2.05) is 24.3 Å². The van der Waals surface area contributed by atoms with Crippen molar-refractivity contribution in [3.05, 3.63) is 106 Å². The van der Waals surface area contributed by atoms with E-state index >= 15 is 0 Å². The van der Waals surface area contributed by atoms with Gasteiger partial charge in [0.1, 0.15) is 17.6 Å². The van der Waals surface area contributed by atoms with E-state index in [1.54, 1.807) is 59.9 Å². The summed E-state index contributed by atoms with van der Waals surface area (Å²) in [6.45, 7) is 1.46. The molecule has 5 rings (SSSR count). The quantitative estimate of drug-likeness (QED) is 0.249. The fourth-order valence-corrected chi connectivity index (χ4v) is 4.88. The first-order valence-corrected chi connectivity index (χ1v) is 12.5. The second kappa shape index (κ2) is 13.7. The number of benzene rings is 3. The summed E-state index contributed by atoms with van der Waals surface area (Å²) in [6.07, 6.45) is 4.01. The molecule has 1 atom stereocenters. The lowest BCUT2D eigenvalue weighted by Crippen LogP contribution is -2.51. The molecule has 11 heteroatoms. The maximum atomic E-state index is 13.2. The minimum atomic E-state index is -0.125. The largest absolute Gasteiger partial charge is 0.456 e. The number of carbonyl (C=O) groups excluding carboxylic acids is 1. The van der Waals surface area contributed by atoms with Gasteiger partial charge in [-0.15, -0.1) is 24.8 Å². The van der Waals surface area contributed by atoms with Crippen molar-refractivity contribution in [2.45, 2.75) is 12.5 Å². The fraction of sp³-hybridized carbons (Fsp3) is 0.179. The number of nitriles is 1. The molecule has 0 aliphatic carbocycles. The first-order valence-electron chi connectivity index (χ1n) is 11.7. The first-order chi connectivity index (χ1) is 18.0. The number of aromatic amines is 1. The Labute approximate surface area is 249 Å². The summed E-state index contributed by atoms with van der Waals surface area (Å²) in [5.41, 5.74) is 3.09. The van der Waals surface area contributed by atoms with Gasteiger partial charge in [0.2, 0.25) is 5.91 Å². The first kappa shape index (κ1) is 30.3. The summed E-state index contributed by atoms with van der Waals surface area (Å²) in [4.78, 5) is 24.5. The highest BCUT2D eigenvalue weighted by atomic mass is 35.5. The van der Waals surface area contributed by atoms with Gasteiger partial charge in [0, 0.05) is 35.0 Å². The zero-order valence-corrected chi connectivity index (χ0v) is 23.7. The number of hydrogen-bond donors (Lipinski definition) is 1. The highest BCUT2D eigenvalue weighted by Crippen LogP contribution is 2.32. The summed E-state index contributed by atoms with van der Waals surface area (Å²) in [5, 5.41) is 10.8. The van der Waals surface area contributed by atoms with Gasteiger partial charge in [-0.25, -0.2) is 4.98 Å². The van der Waals surface area contributed by atoms with Gasteiger partial charge in [0.05, 0.1) is 30.2 Å². The number of hydrogen-bond acceptors (Lipinski definition) is 5. The van der Waals surface area contributed by atoms with Crippen molar-refractivity contribution in [2.24, 2.45) is 0 Å². The second-order valence-corrected chi connectivity index (χ2v) is 9.60. The summed E-state index contributed by atoms with van der Waals surface area (Å²) in [6, 6.07) is 22.0. The Hall–Kier alpha value is -3.25. The predicted octanol–water partition coefficient (Wildman–Crippen LogP) is 6.86. The zero-order valence-electron chi connectivity index (χ0n) is 20.6. The Balaban J connectivity index is 0.00000210. The number of halogens is 4. The molecule has 4 aromatic rings. The molecule has 0 radical (unpaired) electrons. The molecule has 1 fully saturated rings. The number of ether oxygens (including phenoxy) is 1. The third kappa shape index (κ3) is 7.24. The maximum Gasteiger partial charge on any atom is 0.241 e. The van der Waals surface area contributed by atoms with Crippen LogP contribution in [0.3, 0.4) is 0 Å². The van der Waals surface area contributed by atoms with Crippen LogP contribution in [0.1, 0.15) is 22.9 Å². The Morgan fingerprint density at radius 1 is 1.03 bits per heavy atom. The normalized spacial score (nSPS) is 14.1. The third-order valence-corrected chi connectivity index (χ3v) is 6.78. The van der Waals surface area contributed by atoms with Crippen LogP contribution in [0.2, 0.25) is 10.0 Å². The van der Waals surface area contributed by atoms with E-state index in [0.717, 1.165) is 16.9 Å². The zero-order chi connectivity index (χ0) is 25.8. The number of nitrogens with one attached hydrogen (secondary N) is 1. The van der Waals surface area contributed by atoms with Crippen LogP contribution in [0.4, 0.5) is 5.69 Å². The van der Waals surface area contributed by atoms with E-state index in [9.17, 15) is 10.1 Å². The number of carbonyl (C=O) groups is 1. The number of H-pyrrole nitrogens is 1. The van der Waals surface area contributed by atoms with Gasteiger partial charge in [0.15, 0.2) is 0 Å². The van der Waals surface area contributed by atoms with Crippen LogP contribution >= 0.6 is 48.0 Å². The lowest BCUT2D eigenvalue weighted by atomic mass is 9.99. The molecule has 1 amide bonds. The molecule has 0 spiro atoms. The summed E-state index contributed by atoms with van der Waals surface area (Å²) in [5.74, 6) is 1.00. The molecule has 1 unspecified atom stereocenters. The predicted molar refractivity (Wildman–Crippen MR) is 158 cm³/mol. The molecule has 2 heterocycles. The van der Waals surface area contributed by atoms with Crippen molar-refractivity contribution >= 4 is 59.6 Å². The molecule has 0 saturated carbocycles. The number of amides is 1. The van der Waals surface area contributed by atoms with E-state index in [4.69, 9.17) is 27.9 Å². The number of nitrogens with zero attached hydrogens (tertiary/aromatic N) is 4. The summed E-state index contributed by atoms with van der Waals surface area (Å²) < 4.78 is 6.02. The topological polar surface area (TPSA) is 85.3 Å². The van der Waals surface area contributed by atoms with Crippen molar-refractivity contribution in [1.82, 2.24) is 14.9 Å². The van der Waals surface area contributed by atoms with Crippen LogP contribution in [0.25, 0.3) is 0 Å². The summed E-state index contributed by atoms with van der Waals surface area (Å²) >= 11 is 12.2. The van der Waals surface area contributed by atoms with Crippen LogP contribution in [0.5, 0.6) is 11.5 Å². The van der Waals surface area contributed by atoms with Crippen LogP contribution in [0, 0.1) is 11.3 Å². The summed E-state index contributed by atoms with van der Waals surface area (Å²) in [7, 11) is 0. The van der Waals surface area contributed by atoms with E-state index in [2.05, 4.69) is 20.9 Å². The second-order valence-electron chi connectivity index (χ2n) is 8.72. The smallest absolute Gasteiger partial charge is 0.241 e. The van der Waals surface area contributed by atoms with E-state index in [-0.39, 0.29) is 43.3 Å². The van der Waals surface area contributed by atoms with Crippen molar-refractivity contribution < 1.29 is 9.53 Å². The highest BCUT2D eigenvalue weighted by molar-refractivity contribution is 6.31. The van der Waals surface area contributed by atoms with Crippen LogP contribution < -0.4 is 9.64 Å². The molecule has 1 aromatic heterocycles. The molecule has 3 aromatic carbocycles. The molecule has 7 nitrogen and oxygen atoms in total. The standard InChI is InChI=1S/C28H23Cl2N5O2.2ClH/c29-21-3-1-5-23(13-21)35-10-9-34(17-28(35)36)26(25-16-32-18-33-25)11-19-7-8-20(15-31)27(12-19)37-24-6-2-4-22(30)14-24;;/h1-8,12-14,16,18,26H,9-11,17H2,(H,32,33);2*1H. The molecule has 39 heavy (non-hydrogen) atoms. The Kier molecular flexibility index (Phi) is 10.6. The van der Waals surface area contributed by atoms with Gasteiger partial charge in [-0.3, -0.25) is 9.69 Å². The average Bonchev–Trinajstić information content (AvgIpc) is 3.42. The number of anilines is 1. The van der Waals surface area contributed by atoms with E-state index in [0.29, 0.717) is 46.6 Å². The molecule has 1 saturated heterocycles. The molecule has 0 bridgehead atoms. The number of piperazine rings is 1. The lowest BCUT2D eigenvalue weighted by molar-refractivity contribution is -0.122. The van der Waals surface area contributed by atoms with Crippen LogP contribution in [0.15, 0.2) is 79.3 Å². The Morgan fingerprint density at radius 3 is 2.46 bits per heavy atom. The number of aromatic nitrogens is 2. The SMILES string of the molecule is Cl.Cl.N#Cc1ccc(CC(c2cnc[nH]2)N2CCN(c3cccc(Cl)c3)C(=O)C2)cc1Oc1cccc(Cl)c1. The van der Waals surface area contributed by atoms with Gasteiger partial charge >= 0.3 is 0 Å². The molecule has 1 N–H and O–H groups in total. The monoisotopic (exact) mass is 603 g/mol. The Bertz CT molecular complexity index is 1460. The van der Waals surface area contributed by atoms with Gasteiger partial charge in [-0.05, 0) is 60.5 Å². The molecule has 202 valence electrons. The van der Waals surface area contributed by atoms with Gasteiger partial charge < -0.3 is 14.6 Å². The molecule has 1 aliphatic heterocycles. The highest BCUT2D eigenvalue weighted by Gasteiger charge is 2.31. The van der Waals surface area contributed by atoms with E-state index in [1.165, 1.54) is 0 Å². The number of imidazole rings is 1. The van der Waals surface area contributed by atoms with Gasteiger partial charge in [-0.1, -0.05) is 41.4 Å². The maximum absolute atomic E-state index is 13.2. The fourth-order valence-electron chi connectivity index (χ4n) is 4.51. The van der Waals surface area contributed by atoms with E-state index < -0.39 is 0 Å². The molecular formula is C28H25Cl4N5O2. The average molecular weight is 605 g/mol. The van der Waals surface area contributed by atoms with Crippen molar-refractivity contribution in [1.29, 1.82) is 5.26 Å². The van der Waals surface area contributed by atoms with Crippen LogP contribution in [-0.4, -0.2) is 40.4 Å². The van der Waals surface area contributed by atoms with Gasteiger partial charge in [-0.2, -0.15) is 5.26 Å². The Morgan fingerprint density at radius 2 is 1.79 bits per heavy atom. The minimum Gasteiger partial charge on any atom is -0.456 e. The molecular weight excluding hydrogens is 580 g/mol. The number of rotatable bonds is 7. The van der Waals surface area contributed by atoms with Crippen molar-refractivity contribution in [3.8, 4) is 17.6 Å². The van der Waals surface area contributed by atoms with Crippen molar-refractivity contribution in [2.75, 3.05) is 24.5 Å². The van der Waals surface area contributed by atoms with Gasteiger partial charge in [0.25, 0.3) is 0 Å².